The summed E-state index contributed by atoms with van der Waals surface area (Å²) >= 11 is 6.02. The predicted octanol–water partition coefficient (Wildman–Crippen LogP) is 5.80. The molecule has 0 saturated heterocycles. The Balaban J connectivity index is 1.71. The molecule has 9 nitrogen and oxygen atoms in total. The van der Waals surface area contributed by atoms with Crippen molar-refractivity contribution in [3.63, 3.8) is 0 Å². The first-order chi connectivity index (χ1) is 18.1. The molecule has 1 unspecified atom stereocenters. The highest BCUT2D eigenvalue weighted by atomic mass is 35.5. The largest absolute Gasteiger partial charge is 0.473 e. The number of Topliss-reactive ketones (excluding diaryl/α,β-unsaturated/α-hetero) is 1. The molecule has 0 fully saturated rings. The number of esters is 1. The summed E-state index contributed by atoms with van der Waals surface area (Å²) in [4.78, 5) is 51.2. The summed E-state index contributed by atoms with van der Waals surface area (Å²) in [5, 5.41) is 3.23. The summed E-state index contributed by atoms with van der Waals surface area (Å²) in [6.07, 6.45) is -1.24. The molecule has 38 heavy (non-hydrogen) atoms. The lowest BCUT2D eigenvalue weighted by Gasteiger charge is -2.16. The van der Waals surface area contributed by atoms with Crippen molar-refractivity contribution in [2.75, 3.05) is 11.9 Å². The quantitative estimate of drug-likeness (QED) is 0.221. The van der Waals surface area contributed by atoms with Crippen molar-refractivity contribution in [2.24, 2.45) is 0 Å². The standard InChI is InChI=1S/C28H24ClNO8/c1-5-35-28(34)22-21(14(2)31)15(3)37-27(22)30-26(33)16(4)36-25-23(32)19-8-6-7-9-20(19)38-24(25)17-10-12-18(29)13-11-17/h6-13,16H,5H2,1-4H3,(H,30,33). The number of hydrogen-bond donors (Lipinski definition) is 1. The second kappa shape index (κ2) is 10.9. The van der Waals surface area contributed by atoms with Gasteiger partial charge in [0.05, 0.1) is 17.6 Å². The van der Waals surface area contributed by atoms with Crippen molar-refractivity contribution in [1.29, 1.82) is 0 Å². The zero-order valence-electron chi connectivity index (χ0n) is 21.0. The molecule has 2 aromatic carbocycles. The number of fused-ring (bicyclic) bond motifs is 1. The highest BCUT2D eigenvalue weighted by Crippen LogP contribution is 2.33. The smallest absolute Gasteiger partial charge is 0.344 e. The monoisotopic (exact) mass is 537 g/mol. The molecule has 0 aliphatic carbocycles. The second-order valence-corrected chi connectivity index (χ2v) is 8.79. The van der Waals surface area contributed by atoms with E-state index in [4.69, 9.17) is 29.9 Å². The minimum atomic E-state index is -1.24. The van der Waals surface area contributed by atoms with Gasteiger partial charge in [-0.1, -0.05) is 23.7 Å². The van der Waals surface area contributed by atoms with Crippen LogP contribution >= 0.6 is 11.6 Å². The Hall–Kier alpha value is -4.37. The molecule has 2 heterocycles. The van der Waals surface area contributed by atoms with Crippen LogP contribution in [0.15, 0.2) is 62.2 Å². The van der Waals surface area contributed by atoms with Crippen molar-refractivity contribution in [2.45, 2.75) is 33.8 Å². The number of halogens is 1. The number of carbonyl (C=O) groups excluding carboxylic acids is 3. The number of para-hydroxylation sites is 1. The third-order valence-corrected chi connectivity index (χ3v) is 5.93. The highest BCUT2D eigenvalue weighted by Gasteiger charge is 2.30. The number of rotatable bonds is 8. The fourth-order valence-electron chi connectivity index (χ4n) is 3.92. The van der Waals surface area contributed by atoms with Crippen LogP contribution in [0.2, 0.25) is 5.02 Å². The molecule has 4 aromatic rings. The van der Waals surface area contributed by atoms with Crippen molar-refractivity contribution in [1.82, 2.24) is 0 Å². The number of amides is 1. The molecule has 1 amide bonds. The number of hydrogen-bond acceptors (Lipinski definition) is 8. The number of aryl methyl sites for hydroxylation is 1. The van der Waals surface area contributed by atoms with Crippen molar-refractivity contribution in [3.05, 3.63) is 80.7 Å². The normalized spacial score (nSPS) is 11.7. The third kappa shape index (κ3) is 5.19. The van der Waals surface area contributed by atoms with E-state index < -0.39 is 29.2 Å². The molecule has 0 saturated carbocycles. The number of carbonyl (C=O) groups is 3. The number of ether oxygens (including phenoxy) is 2. The van der Waals surface area contributed by atoms with E-state index in [2.05, 4.69) is 5.32 Å². The van der Waals surface area contributed by atoms with E-state index >= 15 is 0 Å². The van der Waals surface area contributed by atoms with Crippen LogP contribution < -0.4 is 15.5 Å². The van der Waals surface area contributed by atoms with Crippen LogP contribution in [-0.2, 0) is 9.53 Å². The average molecular weight is 538 g/mol. The van der Waals surface area contributed by atoms with Crippen LogP contribution in [0.5, 0.6) is 5.75 Å². The van der Waals surface area contributed by atoms with Gasteiger partial charge in [0.2, 0.25) is 17.1 Å². The van der Waals surface area contributed by atoms with Gasteiger partial charge < -0.3 is 18.3 Å². The van der Waals surface area contributed by atoms with E-state index in [1.165, 1.54) is 20.8 Å². The molecule has 0 radical (unpaired) electrons. The molecule has 0 aliphatic heterocycles. The molecular weight excluding hydrogens is 514 g/mol. The predicted molar refractivity (Wildman–Crippen MR) is 141 cm³/mol. The van der Waals surface area contributed by atoms with Gasteiger partial charge in [-0.15, -0.1) is 0 Å². The van der Waals surface area contributed by atoms with Gasteiger partial charge in [-0.2, -0.15) is 0 Å². The zero-order valence-corrected chi connectivity index (χ0v) is 21.8. The van der Waals surface area contributed by atoms with E-state index in [0.717, 1.165) is 0 Å². The Morgan fingerprint density at radius 3 is 2.37 bits per heavy atom. The fraction of sp³-hybridized carbons (Fsp3) is 0.214. The first-order valence-electron chi connectivity index (χ1n) is 11.7. The summed E-state index contributed by atoms with van der Waals surface area (Å²) in [6.45, 7) is 5.85. The molecule has 0 aliphatic rings. The molecule has 0 spiro atoms. The topological polar surface area (TPSA) is 125 Å². The Labute approximate surface area is 222 Å². The lowest BCUT2D eigenvalue weighted by atomic mass is 10.1. The van der Waals surface area contributed by atoms with Gasteiger partial charge in [-0.3, -0.25) is 19.7 Å². The molecule has 4 rings (SSSR count). The van der Waals surface area contributed by atoms with E-state index in [0.29, 0.717) is 16.2 Å². The van der Waals surface area contributed by atoms with Gasteiger partial charge in [-0.25, -0.2) is 4.79 Å². The first kappa shape index (κ1) is 26.7. The van der Waals surface area contributed by atoms with Crippen LogP contribution in [0, 0.1) is 6.92 Å². The summed E-state index contributed by atoms with van der Waals surface area (Å²) < 4.78 is 22.4. The van der Waals surface area contributed by atoms with Crippen LogP contribution in [0.1, 0.15) is 47.2 Å². The Morgan fingerprint density at radius 1 is 1.03 bits per heavy atom. The minimum absolute atomic E-state index is 0.00696. The summed E-state index contributed by atoms with van der Waals surface area (Å²) in [7, 11) is 0. The maximum absolute atomic E-state index is 13.4. The lowest BCUT2D eigenvalue weighted by Crippen LogP contribution is -2.32. The Bertz CT molecular complexity index is 1600. The Morgan fingerprint density at radius 2 is 1.71 bits per heavy atom. The first-order valence-corrected chi connectivity index (χ1v) is 12.1. The van der Waals surface area contributed by atoms with Gasteiger partial charge in [0.15, 0.2) is 17.6 Å². The maximum Gasteiger partial charge on any atom is 0.344 e. The van der Waals surface area contributed by atoms with Crippen molar-refractivity contribution < 1.29 is 32.7 Å². The molecular formula is C28H24ClNO8. The number of benzene rings is 2. The van der Waals surface area contributed by atoms with Gasteiger partial charge in [0, 0.05) is 10.6 Å². The van der Waals surface area contributed by atoms with E-state index in [1.807, 2.05) is 0 Å². The highest BCUT2D eigenvalue weighted by molar-refractivity contribution is 6.30. The molecule has 2 aromatic heterocycles. The molecule has 1 atom stereocenters. The minimum Gasteiger partial charge on any atom is -0.473 e. The number of nitrogens with one attached hydrogen (secondary N) is 1. The van der Waals surface area contributed by atoms with Gasteiger partial charge in [0.25, 0.3) is 5.91 Å². The third-order valence-electron chi connectivity index (χ3n) is 5.68. The van der Waals surface area contributed by atoms with Crippen molar-refractivity contribution in [3.8, 4) is 17.1 Å². The van der Waals surface area contributed by atoms with E-state index in [-0.39, 0.29) is 46.3 Å². The van der Waals surface area contributed by atoms with Crippen molar-refractivity contribution >= 4 is 46.1 Å². The lowest BCUT2D eigenvalue weighted by molar-refractivity contribution is -0.122. The molecule has 0 bridgehead atoms. The van der Waals surface area contributed by atoms with Crippen LogP contribution in [0.3, 0.4) is 0 Å². The number of furan rings is 1. The number of anilines is 1. The maximum atomic E-state index is 13.4. The van der Waals surface area contributed by atoms with E-state index in [1.54, 1.807) is 55.5 Å². The van der Waals surface area contributed by atoms with E-state index in [9.17, 15) is 19.2 Å². The summed E-state index contributed by atoms with van der Waals surface area (Å²) in [5.74, 6) is -2.17. The summed E-state index contributed by atoms with van der Waals surface area (Å²) in [6, 6.07) is 13.2. The SMILES string of the molecule is CCOC(=O)c1c(NC(=O)C(C)Oc2c(-c3ccc(Cl)cc3)oc3ccccc3c2=O)oc(C)c1C(C)=O. The fourth-order valence-corrected chi connectivity index (χ4v) is 4.05. The van der Waals surface area contributed by atoms with Crippen LogP contribution in [0.4, 0.5) is 5.88 Å². The molecule has 10 heteroatoms. The summed E-state index contributed by atoms with van der Waals surface area (Å²) in [5.41, 5.74) is 0.194. The van der Waals surface area contributed by atoms with Gasteiger partial charge in [0.1, 0.15) is 16.9 Å². The Kier molecular flexibility index (Phi) is 7.68. The average Bonchev–Trinajstić information content (AvgIpc) is 3.22. The number of ketones is 1. The second-order valence-electron chi connectivity index (χ2n) is 8.36. The molecule has 196 valence electrons. The van der Waals surface area contributed by atoms with Gasteiger partial charge in [-0.05, 0) is 64.1 Å². The zero-order chi connectivity index (χ0) is 27.6. The molecule has 1 N–H and O–H groups in total. The van der Waals surface area contributed by atoms with Gasteiger partial charge >= 0.3 is 5.97 Å². The van der Waals surface area contributed by atoms with Crippen LogP contribution in [-0.4, -0.2) is 30.4 Å². The van der Waals surface area contributed by atoms with Crippen LogP contribution in [0.25, 0.3) is 22.3 Å².